The van der Waals surface area contributed by atoms with Gasteiger partial charge in [-0.15, -0.1) is 0 Å². The van der Waals surface area contributed by atoms with Gasteiger partial charge in [0.2, 0.25) is 0 Å². The molecule has 1 saturated heterocycles. The molecule has 24 heavy (non-hydrogen) atoms. The first kappa shape index (κ1) is 16.5. The van der Waals surface area contributed by atoms with Gasteiger partial charge >= 0.3 is 6.09 Å². The average molecular weight is 328 g/mol. The van der Waals surface area contributed by atoms with Crippen LogP contribution in [0.15, 0.2) is 42.7 Å². The van der Waals surface area contributed by atoms with Crippen LogP contribution in [-0.4, -0.2) is 46.7 Å². The van der Waals surface area contributed by atoms with Crippen molar-refractivity contribution in [3.8, 4) is 0 Å². The van der Waals surface area contributed by atoms with Gasteiger partial charge in [-0.05, 0) is 25.3 Å². The lowest BCUT2D eigenvalue weighted by Crippen LogP contribution is -2.46. The van der Waals surface area contributed by atoms with Crippen LogP contribution in [0.25, 0.3) is 0 Å². The molecule has 1 amide bonds. The first-order valence-corrected chi connectivity index (χ1v) is 8.50. The zero-order valence-corrected chi connectivity index (χ0v) is 13.9. The lowest BCUT2D eigenvalue weighted by Gasteiger charge is -2.33. The molecule has 3 rings (SSSR count). The Hall–Kier alpha value is -2.34. The summed E-state index contributed by atoms with van der Waals surface area (Å²) >= 11 is 0. The number of likely N-dealkylation sites (tertiary alicyclic amines) is 1. The minimum Gasteiger partial charge on any atom is -0.450 e. The molecule has 0 unspecified atom stereocenters. The molecule has 0 saturated carbocycles. The number of hydrogen-bond acceptors (Lipinski definition) is 4. The second kappa shape index (κ2) is 7.97. The summed E-state index contributed by atoms with van der Waals surface area (Å²) in [5, 5.41) is 3.69. The van der Waals surface area contributed by atoms with Crippen molar-refractivity contribution in [3.63, 3.8) is 0 Å². The van der Waals surface area contributed by atoms with Gasteiger partial charge in [-0.1, -0.05) is 30.3 Å². The number of nitrogens with one attached hydrogen (secondary N) is 2. The number of rotatable bonds is 5. The molecule has 1 atom stereocenters. The Labute approximate surface area is 142 Å². The van der Waals surface area contributed by atoms with Crippen molar-refractivity contribution in [1.82, 2.24) is 20.2 Å². The second-order valence-corrected chi connectivity index (χ2v) is 5.95. The molecule has 2 heterocycles. The van der Waals surface area contributed by atoms with Gasteiger partial charge < -0.3 is 19.9 Å². The predicted molar refractivity (Wildman–Crippen MR) is 91.6 cm³/mol. The Morgan fingerprint density at radius 3 is 2.75 bits per heavy atom. The molecule has 128 valence electrons. The third-order valence-corrected chi connectivity index (χ3v) is 4.35. The summed E-state index contributed by atoms with van der Waals surface area (Å²) in [6, 6.07) is 10.7. The van der Waals surface area contributed by atoms with Gasteiger partial charge in [0.1, 0.15) is 5.82 Å². The lowest BCUT2D eigenvalue weighted by atomic mass is 10.0. The highest BCUT2D eigenvalue weighted by molar-refractivity contribution is 5.67. The minimum absolute atomic E-state index is 0.0281. The summed E-state index contributed by atoms with van der Waals surface area (Å²) in [4.78, 5) is 21.2. The van der Waals surface area contributed by atoms with Crippen LogP contribution < -0.4 is 5.32 Å². The van der Waals surface area contributed by atoms with Crippen LogP contribution in [0.1, 0.15) is 37.2 Å². The van der Waals surface area contributed by atoms with E-state index in [0.29, 0.717) is 12.6 Å². The highest BCUT2D eigenvalue weighted by Crippen LogP contribution is 2.22. The first-order chi connectivity index (χ1) is 11.8. The van der Waals surface area contributed by atoms with Crippen molar-refractivity contribution < 1.29 is 9.53 Å². The molecule has 0 radical (unpaired) electrons. The molecule has 6 heteroatoms. The molecule has 1 aliphatic heterocycles. The number of imidazole rings is 1. The number of H-pyrrole nitrogens is 1. The Balaban J connectivity index is 1.64. The van der Waals surface area contributed by atoms with E-state index < -0.39 is 0 Å². The molecule has 1 aromatic carbocycles. The van der Waals surface area contributed by atoms with E-state index >= 15 is 0 Å². The van der Waals surface area contributed by atoms with Gasteiger partial charge in [0, 0.05) is 31.5 Å². The summed E-state index contributed by atoms with van der Waals surface area (Å²) in [6.45, 7) is 3.69. The van der Waals surface area contributed by atoms with E-state index in [0.717, 1.165) is 31.8 Å². The number of aromatic nitrogens is 2. The minimum atomic E-state index is -0.207. The lowest BCUT2D eigenvalue weighted by molar-refractivity contribution is 0.0944. The fourth-order valence-corrected chi connectivity index (χ4v) is 3.09. The van der Waals surface area contributed by atoms with E-state index in [1.165, 1.54) is 5.56 Å². The van der Waals surface area contributed by atoms with Gasteiger partial charge in [-0.3, -0.25) is 0 Å². The Kier molecular flexibility index (Phi) is 5.48. The molecule has 2 N–H and O–H groups in total. The van der Waals surface area contributed by atoms with Crippen LogP contribution in [0.2, 0.25) is 0 Å². The van der Waals surface area contributed by atoms with Crippen LogP contribution in [-0.2, 0) is 4.74 Å². The molecule has 1 fully saturated rings. The summed E-state index contributed by atoms with van der Waals surface area (Å²) in [7, 11) is 0. The maximum absolute atomic E-state index is 11.8. The van der Waals surface area contributed by atoms with E-state index in [1.54, 1.807) is 11.1 Å². The molecule has 2 aromatic rings. The number of piperidine rings is 1. The number of amides is 1. The number of aromatic amines is 1. The van der Waals surface area contributed by atoms with Crippen molar-refractivity contribution >= 4 is 6.09 Å². The van der Waals surface area contributed by atoms with Crippen LogP contribution in [0.4, 0.5) is 4.79 Å². The van der Waals surface area contributed by atoms with E-state index in [4.69, 9.17) is 4.74 Å². The van der Waals surface area contributed by atoms with Gasteiger partial charge in [-0.2, -0.15) is 0 Å². The SMILES string of the molecule is CCOC(=O)N1CCC(N[C@H](c2ccccc2)c2ncc[nH]2)CC1. The maximum atomic E-state index is 11.8. The van der Waals surface area contributed by atoms with Crippen molar-refractivity contribution in [2.75, 3.05) is 19.7 Å². The number of nitrogens with zero attached hydrogens (tertiary/aromatic N) is 2. The second-order valence-electron chi connectivity index (χ2n) is 5.95. The highest BCUT2D eigenvalue weighted by Gasteiger charge is 2.26. The first-order valence-electron chi connectivity index (χ1n) is 8.50. The van der Waals surface area contributed by atoms with Gasteiger partial charge in [0.15, 0.2) is 0 Å². The van der Waals surface area contributed by atoms with Gasteiger partial charge in [-0.25, -0.2) is 9.78 Å². The van der Waals surface area contributed by atoms with Gasteiger partial charge in [0.05, 0.1) is 12.6 Å². The van der Waals surface area contributed by atoms with Crippen LogP contribution in [0.3, 0.4) is 0 Å². The smallest absolute Gasteiger partial charge is 0.409 e. The van der Waals surface area contributed by atoms with Crippen molar-refractivity contribution in [3.05, 3.63) is 54.1 Å². The highest BCUT2D eigenvalue weighted by atomic mass is 16.6. The molecule has 0 spiro atoms. The van der Waals surface area contributed by atoms with E-state index in [1.807, 2.05) is 31.3 Å². The standard InChI is InChI=1S/C18H24N4O2/c1-2-24-18(23)22-12-8-15(9-13-22)21-16(17-19-10-11-20-17)14-6-4-3-5-7-14/h3-7,10-11,15-16,21H,2,8-9,12-13H2,1H3,(H,19,20)/t16-/m1/s1. The monoisotopic (exact) mass is 328 g/mol. The number of benzene rings is 1. The molecular formula is C18H24N4O2. The van der Waals surface area contributed by atoms with Crippen molar-refractivity contribution in [1.29, 1.82) is 0 Å². The Morgan fingerprint density at radius 1 is 1.38 bits per heavy atom. The number of hydrogen-bond donors (Lipinski definition) is 2. The topological polar surface area (TPSA) is 70.2 Å². The third kappa shape index (κ3) is 3.94. The fourth-order valence-electron chi connectivity index (χ4n) is 3.09. The van der Waals surface area contributed by atoms with E-state index in [2.05, 4.69) is 27.4 Å². The predicted octanol–water partition coefficient (Wildman–Crippen LogP) is 2.71. The van der Waals surface area contributed by atoms with Crippen molar-refractivity contribution in [2.45, 2.75) is 31.8 Å². The Morgan fingerprint density at radius 2 is 2.12 bits per heavy atom. The molecule has 0 aliphatic carbocycles. The quantitative estimate of drug-likeness (QED) is 0.885. The molecule has 1 aromatic heterocycles. The Bertz CT molecular complexity index is 622. The summed E-state index contributed by atoms with van der Waals surface area (Å²) in [6.07, 6.45) is 5.22. The fraction of sp³-hybridized carbons (Fsp3) is 0.444. The molecular weight excluding hydrogens is 304 g/mol. The summed E-state index contributed by atoms with van der Waals surface area (Å²) in [5.74, 6) is 0.911. The summed E-state index contributed by atoms with van der Waals surface area (Å²) in [5.41, 5.74) is 1.18. The van der Waals surface area contributed by atoms with Gasteiger partial charge in [0.25, 0.3) is 0 Å². The number of carbonyl (C=O) groups is 1. The van der Waals surface area contributed by atoms with Crippen LogP contribution in [0, 0.1) is 0 Å². The van der Waals surface area contributed by atoms with Crippen molar-refractivity contribution in [2.24, 2.45) is 0 Å². The summed E-state index contributed by atoms with van der Waals surface area (Å²) < 4.78 is 5.08. The number of ether oxygens (including phenoxy) is 1. The zero-order valence-electron chi connectivity index (χ0n) is 13.9. The zero-order chi connectivity index (χ0) is 16.8. The normalized spacial score (nSPS) is 16.8. The third-order valence-electron chi connectivity index (χ3n) is 4.35. The van der Waals surface area contributed by atoms with Crippen LogP contribution in [0.5, 0.6) is 0 Å². The molecule has 1 aliphatic rings. The van der Waals surface area contributed by atoms with E-state index in [9.17, 15) is 4.79 Å². The molecule has 6 nitrogen and oxygen atoms in total. The average Bonchev–Trinajstić information content (AvgIpc) is 3.15. The molecule has 0 bridgehead atoms. The largest absolute Gasteiger partial charge is 0.450 e. The maximum Gasteiger partial charge on any atom is 0.409 e. The van der Waals surface area contributed by atoms with Crippen LogP contribution >= 0.6 is 0 Å². The number of carbonyl (C=O) groups excluding carboxylic acids is 1. The van der Waals surface area contributed by atoms with E-state index in [-0.39, 0.29) is 12.1 Å².